The summed E-state index contributed by atoms with van der Waals surface area (Å²) >= 11 is 0. The van der Waals surface area contributed by atoms with Gasteiger partial charge in [0.25, 0.3) is 0 Å². The number of carbonyl (C=O) groups is 1. The van der Waals surface area contributed by atoms with E-state index in [4.69, 9.17) is 9.84 Å². The summed E-state index contributed by atoms with van der Waals surface area (Å²) in [5.74, 6) is -1.21. The van der Waals surface area contributed by atoms with Crippen LogP contribution < -0.4 is 0 Å². The number of morpholine rings is 1. The van der Waals surface area contributed by atoms with E-state index in [1.165, 1.54) is 0 Å². The van der Waals surface area contributed by atoms with Gasteiger partial charge in [0.15, 0.2) is 5.65 Å². The van der Waals surface area contributed by atoms with Gasteiger partial charge in [-0.1, -0.05) is 0 Å². The Hall–Kier alpha value is -2.16. The van der Waals surface area contributed by atoms with Crippen molar-refractivity contribution in [1.82, 2.24) is 19.5 Å². The molecule has 1 saturated carbocycles. The molecule has 3 heterocycles. The van der Waals surface area contributed by atoms with Crippen molar-refractivity contribution in [2.75, 3.05) is 13.2 Å². The van der Waals surface area contributed by atoms with Crippen LogP contribution in [0.4, 0.5) is 13.2 Å². The van der Waals surface area contributed by atoms with Crippen LogP contribution in [0.5, 0.6) is 0 Å². The van der Waals surface area contributed by atoms with Crippen molar-refractivity contribution >= 4 is 12.1 Å². The Labute approximate surface area is 167 Å². The van der Waals surface area contributed by atoms with E-state index in [1.54, 1.807) is 9.42 Å². The first-order valence-electron chi connectivity index (χ1n) is 10.0. The van der Waals surface area contributed by atoms with Gasteiger partial charge in [-0.3, -0.25) is 4.79 Å². The fourth-order valence-electron chi connectivity index (χ4n) is 4.39. The Morgan fingerprint density at radius 3 is 2.59 bits per heavy atom. The molecule has 158 valence electrons. The van der Waals surface area contributed by atoms with Gasteiger partial charge in [-0.15, -0.1) is 0 Å². The number of aromatic nitrogens is 3. The van der Waals surface area contributed by atoms with Gasteiger partial charge >= 0.3 is 6.18 Å². The van der Waals surface area contributed by atoms with E-state index in [9.17, 15) is 18.0 Å². The predicted molar refractivity (Wildman–Crippen MR) is 99.4 cm³/mol. The van der Waals surface area contributed by atoms with Gasteiger partial charge in [-0.05, 0) is 45.6 Å². The minimum Gasteiger partial charge on any atom is -0.368 e. The maximum absolute atomic E-state index is 13.0. The molecule has 2 aliphatic rings. The number of hydrogen-bond donors (Lipinski definition) is 0. The van der Waals surface area contributed by atoms with Crippen LogP contribution in [0, 0.1) is 12.8 Å². The van der Waals surface area contributed by atoms with Crippen LogP contribution in [0.1, 0.15) is 61.7 Å². The maximum atomic E-state index is 13.0. The Kier molecular flexibility index (Phi) is 5.27. The average Bonchev–Trinajstić information content (AvgIpc) is 3.11. The zero-order chi connectivity index (χ0) is 20.8. The van der Waals surface area contributed by atoms with Crippen LogP contribution in [-0.2, 0) is 9.53 Å². The number of carbonyl (C=O) groups excluding carboxylic acids is 1. The standard InChI is InChI=1S/C20H25F3N4O2/c1-12-7-17(18-9-26(11-28)13(2)10-29-18)27-19(24-12)8-16(25-27)14-3-5-15(6-4-14)20(21,22)23/h7-8,11,13-15,18H,3-6,9-10H2,1-2H3/t13-,14?,15?,18+/m0/s1. The van der Waals surface area contributed by atoms with Crippen LogP contribution in [0.2, 0.25) is 0 Å². The topological polar surface area (TPSA) is 59.7 Å². The normalized spacial score (nSPS) is 28.7. The van der Waals surface area contributed by atoms with Gasteiger partial charge < -0.3 is 9.64 Å². The van der Waals surface area contributed by atoms with Crippen molar-refractivity contribution in [1.29, 1.82) is 0 Å². The third-order valence-corrected chi connectivity index (χ3v) is 6.16. The Morgan fingerprint density at radius 2 is 1.93 bits per heavy atom. The molecule has 4 rings (SSSR count). The Bertz CT molecular complexity index is 890. The summed E-state index contributed by atoms with van der Waals surface area (Å²) < 4.78 is 46.6. The van der Waals surface area contributed by atoms with Crippen molar-refractivity contribution < 1.29 is 22.7 Å². The molecule has 6 nitrogen and oxygen atoms in total. The number of hydrogen-bond acceptors (Lipinski definition) is 4. The molecule has 1 aliphatic carbocycles. The van der Waals surface area contributed by atoms with Crippen LogP contribution in [-0.4, -0.2) is 51.3 Å². The van der Waals surface area contributed by atoms with E-state index in [2.05, 4.69) is 4.98 Å². The number of amides is 1. The van der Waals surface area contributed by atoms with Crippen LogP contribution in [0.15, 0.2) is 12.1 Å². The number of rotatable bonds is 3. The van der Waals surface area contributed by atoms with Gasteiger partial charge in [0.1, 0.15) is 6.10 Å². The van der Waals surface area contributed by atoms with E-state index >= 15 is 0 Å². The first-order valence-corrected chi connectivity index (χ1v) is 10.0. The summed E-state index contributed by atoms with van der Waals surface area (Å²) in [5.41, 5.74) is 3.05. The molecule has 29 heavy (non-hydrogen) atoms. The largest absolute Gasteiger partial charge is 0.391 e. The summed E-state index contributed by atoms with van der Waals surface area (Å²) in [6, 6.07) is 3.78. The van der Waals surface area contributed by atoms with Crippen molar-refractivity contribution in [3.05, 3.63) is 29.2 Å². The highest BCUT2D eigenvalue weighted by Crippen LogP contribution is 2.42. The number of aryl methyl sites for hydroxylation is 1. The van der Waals surface area contributed by atoms with E-state index in [1.807, 2.05) is 26.0 Å². The van der Waals surface area contributed by atoms with Gasteiger partial charge in [-0.2, -0.15) is 18.3 Å². The fourth-order valence-corrected chi connectivity index (χ4v) is 4.39. The molecular weight excluding hydrogens is 385 g/mol. The van der Waals surface area contributed by atoms with Crippen molar-refractivity contribution in [3.63, 3.8) is 0 Å². The molecule has 0 spiro atoms. The maximum Gasteiger partial charge on any atom is 0.391 e. The lowest BCUT2D eigenvalue weighted by Crippen LogP contribution is -2.44. The Balaban J connectivity index is 1.60. The molecule has 2 aromatic rings. The van der Waals surface area contributed by atoms with Crippen molar-refractivity contribution in [2.45, 2.75) is 63.8 Å². The van der Waals surface area contributed by atoms with Crippen molar-refractivity contribution in [2.24, 2.45) is 5.92 Å². The summed E-state index contributed by atoms with van der Waals surface area (Å²) in [6.45, 7) is 4.67. The molecule has 0 unspecified atom stereocenters. The minimum atomic E-state index is -4.12. The predicted octanol–water partition coefficient (Wildman–Crippen LogP) is 3.79. The number of fused-ring (bicyclic) bond motifs is 1. The molecule has 2 aromatic heterocycles. The molecule has 1 aliphatic heterocycles. The molecule has 0 N–H and O–H groups in total. The second-order valence-corrected chi connectivity index (χ2v) is 8.22. The number of ether oxygens (including phenoxy) is 1. The molecule has 9 heteroatoms. The Morgan fingerprint density at radius 1 is 1.21 bits per heavy atom. The monoisotopic (exact) mass is 410 g/mol. The summed E-state index contributed by atoms with van der Waals surface area (Å²) in [5, 5.41) is 4.70. The molecule has 0 bridgehead atoms. The molecular formula is C20H25F3N4O2. The second-order valence-electron chi connectivity index (χ2n) is 8.22. The van der Waals surface area contributed by atoms with E-state index in [-0.39, 0.29) is 30.9 Å². The van der Waals surface area contributed by atoms with E-state index < -0.39 is 12.1 Å². The van der Waals surface area contributed by atoms with E-state index in [0.29, 0.717) is 31.6 Å². The van der Waals surface area contributed by atoms with Crippen LogP contribution in [0.3, 0.4) is 0 Å². The fraction of sp³-hybridized carbons (Fsp3) is 0.650. The van der Waals surface area contributed by atoms with Gasteiger partial charge in [0.2, 0.25) is 6.41 Å². The van der Waals surface area contributed by atoms with Gasteiger partial charge in [0.05, 0.1) is 36.5 Å². The molecule has 1 saturated heterocycles. The number of nitrogens with zero attached hydrogens (tertiary/aromatic N) is 4. The first kappa shape index (κ1) is 20.1. The first-order chi connectivity index (χ1) is 13.8. The van der Waals surface area contributed by atoms with Crippen molar-refractivity contribution in [3.8, 4) is 0 Å². The highest BCUT2D eigenvalue weighted by atomic mass is 19.4. The lowest BCUT2D eigenvalue weighted by molar-refractivity contribution is -0.182. The third-order valence-electron chi connectivity index (χ3n) is 6.16. The lowest BCUT2D eigenvalue weighted by atomic mass is 9.80. The zero-order valence-corrected chi connectivity index (χ0v) is 16.5. The third kappa shape index (κ3) is 3.97. The van der Waals surface area contributed by atoms with E-state index in [0.717, 1.165) is 23.5 Å². The number of alkyl halides is 3. The zero-order valence-electron chi connectivity index (χ0n) is 16.5. The lowest BCUT2D eigenvalue weighted by Gasteiger charge is -2.35. The molecule has 0 radical (unpaired) electrons. The van der Waals surface area contributed by atoms with Gasteiger partial charge in [-0.25, -0.2) is 9.50 Å². The highest BCUT2D eigenvalue weighted by Gasteiger charge is 2.42. The van der Waals surface area contributed by atoms with Crippen LogP contribution >= 0.6 is 0 Å². The molecule has 2 fully saturated rings. The SMILES string of the molecule is Cc1cc([C@H]2CN(C=O)[C@@H](C)CO2)n2nc(C3CCC(C(F)(F)F)CC3)cc2n1. The molecule has 2 atom stereocenters. The number of halogens is 3. The summed E-state index contributed by atoms with van der Waals surface area (Å²) in [7, 11) is 0. The second kappa shape index (κ2) is 7.59. The summed E-state index contributed by atoms with van der Waals surface area (Å²) in [6.07, 6.45) is -2.39. The minimum absolute atomic E-state index is 0.00206. The molecule has 1 amide bonds. The van der Waals surface area contributed by atoms with Crippen LogP contribution in [0.25, 0.3) is 5.65 Å². The molecule has 0 aromatic carbocycles. The average molecular weight is 410 g/mol. The smallest absolute Gasteiger partial charge is 0.368 e. The van der Waals surface area contributed by atoms with Gasteiger partial charge in [0, 0.05) is 17.7 Å². The highest BCUT2D eigenvalue weighted by molar-refractivity contribution is 5.48. The summed E-state index contributed by atoms with van der Waals surface area (Å²) in [4.78, 5) is 17.6. The quantitative estimate of drug-likeness (QED) is 0.723.